The van der Waals surface area contributed by atoms with E-state index in [1.54, 1.807) is 24.4 Å². The summed E-state index contributed by atoms with van der Waals surface area (Å²) in [7, 11) is -1.94. The first-order valence-electron chi connectivity index (χ1n) is 8.92. The number of sulfonamides is 1. The highest BCUT2D eigenvalue weighted by Gasteiger charge is 2.32. The van der Waals surface area contributed by atoms with Gasteiger partial charge in [0.05, 0.1) is 26.0 Å². The Hall–Kier alpha value is -2.75. The van der Waals surface area contributed by atoms with Crippen LogP contribution in [0.3, 0.4) is 0 Å². The molecule has 0 aliphatic carbocycles. The highest BCUT2D eigenvalue weighted by molar-refractivity contribution is 7.88. The van der Waals surface area contributed by atoms with Crippen molar-refractivity contribution in [3.8, 4) is 16.9 Å². The number of halogens is 1. The average Bonchev–Trinajstić information content (AvgIpc) is 3.31. The highest BCUT2D eigenvalue weighted by Crippen LogP contribution is 2.37. The van der Waals surface area contributed by atoms with Gasteiger partial charge >= 0.3 is 0 Å². The number of nitrogens with zero attached hydrogens (tertiary/aromatic N) is 2. The number of aromatic amines is 1. The van der Waals surface area contributed by atoms with Gasteiger partial charge in [0.15, 0.2) is 0 Å². The van der Waals surface area contributed by atoms with E-state index < -0.39 is 16.1 Å². The molecule has 0 fully saturated rings. The maximum absolute atomic E-state index is 13.9. The number of methoxy groups -OCH3 is 1. The largest absolute Gasteiger partial charge is 0.496 e. The molecule has 1 aromatic carbocycles. The number of hydrogen-bond acceptors (Lipinski definition) is 5. The summed E-state index contributed by atoms with van der Waals surface area (Å²) in [5, 5.41) is 10.3. The van der Waals surface area contributed by atoms with Gasteiger partial charge in [-0.25, -0.2) is 17.8 Å². The fourth-order valence-corrected chi connectivity index (χ4v) is 4.65. The Balaban J connectivity index is 1.81. The lowest BCUT2D eigenvalue weighted by Gasteiger charge is -2.19. The third-order valence-corrected chi connectivity index (χ3v) is 6.28. The first kappa shape index (κ1) is 19.6. The molecule has 0 bridgehead atoms. The van der Waals surface area contributed by atoms with Crippen molar-refractivity contribution in [1.29, 1.82) is 0 Å². The van der Waals surface area contributed by atoms with Crippen LogP contribution in [0.5, 0.6) is 5.75 Å². The van der Waals surface area contributed by atoms with Crippen LogP contribution in [0.25, 0.3) is 27.7 Å². The third-order valence-electron chi connectivity index (χ3n) is 5.03. The minimum atomic E-state index is -3.47. The van der Waals surface area contributed by atoms with Crippen LogP contribution in [0.4, 0.5) is 4.39 Å². The van der Waals surface area contributed by atoms with Crippen LogP contribution in [-0.4, -0.2) is 60.4 Å². The van der Waals surface area contributed by atoms with Gasteiger partial charge in [-0.1, -0.05) is 6.08 Å². The summed E-state index contributed by atoms with van der Waals surface area (Å²) in [6, 6.07) is 7.33. The van der Waals surface area contributed by atoms with Crippen LogP contribution in [0.15, 0.2) is 42.6 Å². The van der Waals surface area contributed by atoms with Crippen LogP contribution in [-0.2, 0) is 10.0 Å². The second-order valence-electron chi connectivity index (χ2n) is 6.90. The molecule has 1 aliphatic rings. The zero-order valence-electron chi connectivity index (χ0n) is 15.9. The minimum Gasteiger partial charge on any atom is -0.496 e. The van der Waals surface area contributed by atoms with Crippen molar-refractivity contribution in [3.63, 3.8) is 0 Å². The van der Waals surface area contributed by atoms with E-state index in [0.29, 0.717) is 22.7 Å². The van der Waals surface area contributed by atoms with Gasteiger partial charge in [0, 0.05) is 29.4 Å². The molecule has 2 aromatic heterocycles. The average molecular weight is 417 g/mol. The Morgan fingerprint density at radius 2 is 2.10 bits per heavy atom. The highest BCUT2D eigenvalue weighted by atomic mass is 32.2. The van der Waals surface area contributed by atoms with Crippen LogP contribution in [0.1, 0.15) is 5.69 Å². The van der Waals surface area contributed by atoms with E-state index >= 15 is 0 Å². The lowest BCUT2D eigenvalue weighted by atomic mass is 10.0. The molecule has 9 heteroatoms. The standard InChI is InChI=1S/C20H20FN3O4S/c1-28-19-4-3-13(21)8-16(19)15-5-6-22-20-17(15)9-18(23-20)12-7-14(11-25)24(10-12)29(2,26)27/h3-9,14,25H,10-11H2,1-2H3,(H,22,23). The van der Waals surface area contributed by atoms with E-state index in [1.165, 1.54) is 23.5 Å². The number of aliphatic hydroxyl groups is 1. The summed E-state index contributed by atoms with van der Waals surface area (Å²) in [5.74, 6) is 0.153. The number of ether oxygens (including phenoxy) is 1. The smallest absolute Gasteiger partial charge is 0.212 e. The van der Waals surface area contributed by atoms with Gasteiger partial charge in [0.1, 0.15) is 17.2 Å². The second-order valence-corrected chi connectivity index (χ2v) is 8.83. The first-order chi connectivity index (χ1) is 13.8. The monoisotopic (exact) mass is 417 g/mol. The SMILES string of the molecule is COc1ccc(F)cc1-c1ccnc2[nH]c(C3=CC(CO)N(S(C)(=O)=O)C3)cc12. The van der Waals surface area contributed by atoms with Crippen LogP contribution in [0, 0.1) is 5.82 Å². The molecule has 4 rings (SSSR count). The van der Waals surface area contributed by atoms with Crippen molar-refractivity contribution in [2.24, 2.45) is 0 Å². The van der Waals surface area contributed by atoms with Gasteiger partial charge in [-0.15, -0.1) is 0 Å². The van der Waals surface area contributed by atoms with Crippen LogP contribution in [0.2, 0.25) is 0 Å². The van der Waals surface area contributed by atoms with Gasteiger partial charge in [-0.05, 0) is 41.5 Å². The number of hydrogen-bond donors (Lipinski definition) is 2. The quantitative estimate of drug-likeness (QED) is 0.665. The molecular formula is C20H20FN3O4S. The van der Waals surface area contributed by atoms with Crippen LogP contribution < -0.4 is 4.74 Å². The zero-order valence-corrected chi connectivity index (χ0v) is 16.7. The Bertz CT molecular complexity index is 1220. The summed E-state index contributed by atoms with van der Waals surface area (Å²) in [6.45, 7) is -0.156. The lowest BCUT2D eigenvalue weighted by molar-refractivity contribution is 0.231. The minimum absolute atomic E-state index is 0.148. The van der Waals surface area contributed by atoms with E-state index in [1.807, 2.05) is 6.07 Å². The second kappa shape index (κ2) is 7.25. The molecule has 0 amide bonds. The molecule has 0 radical (unpaired) electrons. The van der Waals surface area contributed by atoms with Gasteiger partial charge in [-0.2, -0.15) is 4.31 Å². The number of pyridine rings is 1. The number of nitrogens with one attached hydrogen (secondary N) is 1. The Morgan fingerprint density at radius 1 is 1.31 bits per heavy atom. The van der Waals surface area contributed by atoms with Crippen molar-refractivity contribution in [3.05, 3.63) is 54.1 Å². The van der Waals surface area contributed by atoms with Gasteiger partial charge < -0.3 is 14.8 Å². The zero-order chi connectivity index (χ0) is 20.8. The van der Waals surface area contributed by atoms with Gasteiger partial charge in [-0.3, -0.25) is 0 Å². The number of rotatable bonds is 5. The maximum atomic E-state index is 13.9. The van der Waals surface area contributed by atoms with E-state index in [-0.39, 0.29) is 19.0 Å². The molecule has 1 atom stereocenters. The molecule has 0 spiro atoms. The molecule has 2 N–H and O–H groups in total. The predicted octanol–water partition coefficient (Wildman–Crippen LogP) is 2.40. The van der Waals surface area contributed by atoms with Gasteiger partial charge in [0.25, 0.3) is 0 Å². The number of benzene rings is 1. The molecule has 1 unspecified atom stereocenters. The van der Waals surface area contributed by atoms with Crippen molar-refractivity contribution in [2.75, 3.05) is 26.5 Å². The molecule has 29 heavy (non-hydrogen) atoms. The molecular weight excluding hydrogens is 397 g/mol. The summed E-state index contributed by atoms with van der Waals surface area (Å²) in [6.07, 6.45) is 4.46. The number of H-pyrrole nitrogens is 1. The van der Waals surface area contributed by atoms with Crippen molar-refractivity contribution < 1.29 is 22.7 Å². The van der Waals surface area contributed by atoms with E-state index in [0.717, 1.165) is 22.8 Å². The Kier molecular flexibility index (Phi) is 4.89. The Morgan fingerprint density at radius 3 is 2.76 bits per heavy atom. The molecule has 1 aliphatic heterocycles. The van der Waals surface area contributed by atoms with Crippen LogP contribution >= 0.6 is 0 Å². The molecule has 3 aromatic rings. The topological polar surface area (TPSA) is 95.5 Å². The number of aliphatic hydroxyl groups excluding tert-OH is 1. The molecule has 3 heterocycles. The summed E-state index contributed by atoms with van der Waals surface area (Å²) >= 11 is 0. The molecule has 0 saturated heterocycles. The fourth-order valence-electron chi connectivity index (χ4n) is 3.66. The van der Waals surface area contributed by atoms with E-state index in [4.69, 9.17) is 4.74 Å². The van der Waals surface area contributed by atoms with Crippen molar-refractivity contribution in [1.82, 2.24) is 14.3 Å². The summed E-state index contributed by atoms with van der Waals surface area (Å²) < 4.78 is 44.5. The molecule has 152 valence electrons. The van der Waals surface area contributed by atoms with E-state index in [2.05, 4.69) is 9.97 Å². The number of fused-ring (bicyclic) bond motifs is 1. The Labute approximate surface area is 167 Å². The van der Waals surface area contributed by atoms with E-state index in [9.17, 15) is 17.9 Å². The third kappa shape index (κ3) is 3.52. The molecule has 0 saturated carbocycles. The summed E-state index contributed by atoms with van der Waals surface area (Å²) in [5.41, 5.74) is 3.36. The first-order valence-corrected chi connectivity index (χ1v) is 10.8. The lowest BCUT2D eigenvalue weighted by Crippen LogP contribution is -2.37. The van der Waals surface area contributed by atoms with Crippen molar-refractivity contribution >= 4 is 26.6 Å². The fraction of sp³-hybridized carbons (Fsp3) is 0.250. The van der Waals surface area contributed by atoms with Gasteiger partial charge in [0.2, 0.25) is 10.0 Å². The maximum Gasteiger partial charge on any atom is 0.212 e. The normalized spacial score (nSPS) is 17.7. The summed E-state index contributed by atoms with van der Waals surface area (Å²) in [4.78, 5) is 7.55. The van der Waals surface area contributed by atoms with Crippen molar-refractivity contribution in [2.45, 2.75) is 6.04 Å². The molecule has 7 nitrogen and oxygen atoms in total. The predicted molar refractivity (Wildman–Crippen MR) is 108 cm³/mol. The number of aromatic nitrogens is 2.